The molecule has 0 bridgehead atoms. The molecular weight excluding hydrogens is 687 g/mol. The maximum absolute atomic E-state index is 11.4. The molecule has 280 valence electrons. The Hall–Kier alpha value is -6.08. The van der Waals surface area contributed by atoms with Crippen molar-refractivity contribution in [1.29, 1.82) is 0 Å². The number of esters is 2. The van der Waals surface area contributed by atoms with Gasteiger partial charge in [-0.25, -0.2) is 9.59 Å². The molecule has 0 unspecified atom stereocenters. The molecule has 0 fully saturated rings. The number of nitrogens with zero attached hydrogens (tertiary/aromatic N) is 1. The zero-order valence-electron chi connectivity index (χ0n) is 32.0. The van der Waals surface area contributed by atoms with Crippen molar-refractivity contribution in [3.63, 3.8) is 0 Å². The summed E-state index contributed by atoms with van der Waals surface area (Å²) < 4.78 is 22.2. The molecule has 0 N–H and O–H groups in total. The van der Waals surface area contributed by atoms with Gasteiger partial charge in [-0.15, -0.1) is 0 Å². The lowest BCUT2D eigenvalue weighted by atomic mass is 9.79. The summed E-state index contributed by atoms with van der Waals surface area (Å²) in [5.41, 5.74) is 13.1. The molecule has 2 aliphatic carbocycles. The fourth-order valence-corrected chi connectivity index (χ4v) is 8.00. The predicted octanol–water partition coefficient (Wildman–Crippen LogP) is 10.8. The van der Waals surface area contributed by atoms with Gasteiger partial charge >= 0.3 is 11.9 Å². The number of anilines is 3. The fourth-order valence-electron chi connectivity index (χ4n) is 8.00. The minimum atomic E-state index is -0.437. The molecule has 5 aromatic carbocycles. The smallest absolute Gasteiger partial charge is 0.330 e. The Morgan fingerprint density at radius 3 is 1.60 bits per heavy atom. The molecule has 0 amide bonds. The van der Waals surface area contributed by atoms with E-state index in [4.69, 9.17) is 18.9 Å². The van der Waals surface area contributed by atoms with Crippen molar-refractivity contribution in [2.45, 2.75) is 51.4 Å². The van der Waals surface area contributed by atoms with E-state index in [2.05, 4.69) is 125 Å². The number of hydrogen-bond acceptors (Lipinski definition) is 7. The van der Waals surface area contributed by atoms with Crippen LogP contribution in [0.5, 0.6) is 11.5 Å². The van der Waals surface area contributed by atoms with E-state index in [1.54, 1.807) is 0 Å². The van der Waals surface area contributed by atoms with Gasteiger partial charge in [0.15, 0.2) is 0 Å². The van der Waals surface area contributed by atoms with Crippen molar-refractivity contribution in [3.8, 4) is 33.8 Å². The van der Waals surface area contributed by atoms with E-state index in [0.717, 1.165) is 40.7 Å². The van der Waals surface area contributed by atoms with E-state index in [1.807, 2.05) is 24.3 Å². The van der Waals surface area contributed by atoms with Crippen LogP contribution in [0.15, 0.2) is 128 Å². The van der Waals surface area contributed by atoms with Crippen molar-refractivity contribution >= 4 is 29.0 Å². The van der Waals surface area contributed by atoms with E-state index in [-0.39, 0.29) is 24.0 Å². The van der Waals surface area contributed by atoms with Gasteiger partial charge < -0.3 is 23.8 Å². The van der Waals surface area contributed by atoms with Gasteiger partial charge in [0, 0.05) is 47.2 Å². The van der Waals surface area contributed by atoms with Gasteiger partial charge in [-0.2, -0.15) is 0 Å². The highest BCUT2D eigenvalue weighted by Crippen LogP contribution is 2.58. The number of fused-ring (bicyclic) bond motifs is 6. The van der Waals surface area contributed by atoms with Gasteiger partial charge in [0.05, 0.1) is 32.1 Å². The Morgan fingerprint density at radius 2 is 1.05 bits per heavy atom. The average Bonchev–Trinajstić information content (AvgIpc) is 3.57. The third-order valence-corrected chi connectivity index (χ3v) is 10.7. The van der Waals surface area contributed by atoms with Crippen LogP contribution in [0.3, 0.4) is 0 Å². The molecule has 0 radical (unpaired) electrons. The lowest BCUT2D eigenvalue weighted by molar-refractivity contribution is -0.138. The normalized spacial score (nSPS) is 13.7. The molecule has 0 heterocycles. The second-order valence-corrected chi connectivity index (χ2v) is 14.9. The summed E-state index contributed by atoms with van der Waals surface area (Å²) in [7, 11) is 0. The Balaban J connectivity index is 1.23. The van der Waals surface area contributed by atoms with Crippen LogP contribution in [0.25, 0.3) is 22.3 Å². The van der Waals surface area contributed by atoms with E-state index in [0.29, 0.717) is 26.1 Å². The van der Waals surface area contributed by atoms with Crippen LogP contribution >= 0.6 is 0 Å². The highest BCUT2D eigenvalue weighted by atomic mass is 16.5. The predicted molar refractivity (Wildman–Crippen MR) is 219 cm³/mol. The van der Waals surface area contributed by atoms with Crippen LogP contribution in [0.4, 0.5) is 17.1 Å². The first-order valence-corrected chi connectivity index (χ1v) is 18.8. The SMILES string of the molecule is C=CC(=O)OCCCOc1ccc(N(c2ccc(OCCCOC(=O)C=C)cc2)c2cccc3c2C(C)(C)c2cc4c(cc2-3)C(C)(C)c2ccccc2-4)cc1. The van der Waals surface area contributed by atoms with Crippen LogP contribution in [0.2, 0.25) is 0 Å². The van der Waals surface area contributed by atoms with Gasteiger partial charge in [-0.05, 0) is 111 Å². The molecule has 0 aliphatic heterocycles. The second kappa shape index (κ2) is 15.3. The van der Waals surface area contributed by atoms with Crippen LogP contribution in [0.1, 0.15) is 62.8 Å². The standard InChI is InChI=1S/C48H47NO6/c1-7-44(50)54-28-12-26-52-34-22-18-32(19-23-34)49(33-20-24-35(25-21-33)53-27-13-29-55-45(51)8-2)43-17-11-15-37-39-31-41-38(30-42(39)48(5,6)46(37)43)36-14-9-10-16-40(36)47(41,3)4/h7-11,14-25,30-31H,1-2,12-13,26-29H2,3-6H3. The van der Waals surface area contributed by atoms with Gasteiger partial charge in [0.1, 0.15) is 11.5 Å². The molecular formula is C48H47NO6. The van der Waals surface area contributed by atoms with Gasteiger partial charge in [0.2, 0.25) is 0 Å². The molecule has 0 aromatic heterocycles. The van der Waals surface area contributed by atoms with Crippen molar-refractivity contribution in [3.05, 3.63) is 151 Å². The summed E-state index contributed by atoms with van der Waals surface area (Å²) in [5, 5.41) is 0. The molecule has 0 saturated heterocycles. The van der Waals surface area contributed by atoms with Crippen molar-refractivity contribution in [1.82, 2.24) is 0 Å². The quantitative estimate of drug-likeness (QED) is 0.0602. The number of carbonyl (C=O) groups excluding carboxylic acids is 2. The summed E-state index contributed by atoms with van der Waals surface area (Å²) in [6.07, 6.45) is 3.46. The summed E-state index contributed by atoms with van der Waals surface area (Å²) in [4.78, 5) is 25.1. The first kappa shape index (κ1) is 37.2. The summed E-state index contributed by atoms with van der Waals surface area (Å²) >= 11 is 0. The molecule has 7 rings (SSSR count). The molecule has 55 heavy (non-hydrogen) atoms. The Morgan fingerprint density at radius 1 is 0.564 bits per heavy atom. The highest BCUT2D eigenvalue weighted by Gasteiger charge is 2.43. The molecule has 7 heteroatoms. The Bertz CT molecular complexity index is 2180. The summed E-state index contributed by atoms with van der Waals surface area (Å²) in [6.45, 7) is 17.6. The Labute approximate surface area is 323 Å². The van der Waals surface area contributed by atoms with Crippen LogP contribution in [0, 0.1) is 0 Å². The van der Waals surface area contributed by atoms with Gasteiger partial charge in [-0.1, -0.05) is 77.3 Å². The molecule has 0 spiro atoms. The van der Waals surface area contributed by atoms with E-state index in [1.165, 1.54) is 44.5 Å². The molecule has 2 aliphatic rings. The zero-order chi connectivity index (χ0) is 38.7. The minimum absolute atomic E-state index is 0.1000. The minimum Gasteiger partial charge on any atom is -0.493 e. The summed E-state index contributed by atoms with van der Waals surface area (Å²) in [5.74, 6) is 0.578. The maximum atomic E-state index is 11.4. The number of benzene rings is 5. The second-order valence-electron chi connectivity index (χ2n) is 14.9. The van der Waals surface area contributed by atoms with Crippen LogP contribution in [-0.2, 0) is 29.9 Å². The lowest BCUT2D eigenvalue weighted by Gasteiger charge is -2.32. The zero-order valence-corrected chi connectivity index (χ0v) is 32.0. The van der Waals surface area contributed by atoms with E-state index >= 15 is 0 Å². The Kier molecular flexibility index (Phi) is 10.4. The van der Waals surface area contributed by atoms with Crippen molar-refractivity contribution in [2.24, 2.45) is 0 Å². The van der Waals surface area contributed by atoms with Crippen LogP contribution in [-0.4, -0.2) is 38.4 Å². The maximum Gasteiger partial charge on any atom is 0.330 e. The topological polar surface area (TPSA) is 74.3 Å². The third kappa shape index (κ3) is 7.15. The first-order chi connectivity index (χ1) is 26.5. The largest absolute Gasteiger partial charge is 0.493 e. The number of hydrogen-bond donors (Lipinski definition) is 0. The van der Waals surface area contributed by atoms with Crippen molar-refractivity contribution in [2.75, 3.05) is 31.3 Å². The molecule has 0 saturated carbocycles. The molecule has 0 atom stereocenters. The molecule has 5 aromatic rings. The number of carbonyl (C=O) groups is 2. The fraction of sp³-hybridized carbons (Fsp3) is 0.250. The summed E-state index contributed by atoms with van der Waals surface area (Å²) in [6, 6.07) is 36.5. The molecule has 7 nitrogen and oxygen atoms in total. The first-order valence-electron chi connectivity index (χ1n) is 18.8. The van der Waals surface area contributed by atoms with E-state index < -0.39 is 11.9 Å². The van der Waals surface area contributed by atoms with Crippen molar-refractivity contribution < 1.29 is 28.5 Å². The van der Waals surface area contributed by atoms with Crippen LogP contribution < -0.4 is 14.4 Å². The van der Waals surface area contributed by atoms with Gasteiger partial charge in [0.25, 0.3) is 0 Å². The van der Waals surface area contributed by atoms with Gasteiger partial charge in [-0.3, -0.25) is 0 Å². The average molecular weight is 734 g/mol. The monoisotopic (exact) mass is 733 g/mol. The third-order valence-electron chi connectivity index (χ3n) is 10.7. The number of rotatable bonds is 15. The van der Waals surface area contributed by atoms with E-state index in [9.17, 15) is 9.59 Å². The number of ether oxygens (including phenoxy) is 4. The lowest BCUT2D eigenvalue weighted by Crippen LogP contribution is -2.21. The highest BCUT2D eigenvalue weighted by molar-refractivity contribution is 5.94.